The minimum Gasteiger partial charge on any atom is -0.372 e. The Bertz CT molecular complexity index is 113. The van der Waals surface area contributed by atoms with Gasteiger partial charge < -0.3 is 10.6 Å². The lowest BCUT2D eigenvalue weighted by Crippen LogP contribution is -2.27. The average molecular weight is 179 g/mol. The van der Waals surface area contributed by atoms with Crippen molar-refractivity contribution in [2.24, 2.45) is 0 Å². The SMILES string of the molecule is CCNC(NCC)=C([SiH3])Cl. The van der Waals surface area contributed by atoms with Crippen molar-refractivity contribution in [3.63, 3.8) is 0 Å². The summed E-state index contributed by atoms with van der Waals surface area (Å²) < 4.78 is 0.920. The fourth-order valence-corrected chi connectivity index (χ4v) is 1.15. The average Bonchev–Trinajstić information content (AvgIpc) is 1.87. The van der Waals surface area contributed by atoms with Crippen LogP contribution in [-0.2, 0) is 0 Å². The number of rotatable bonds is 4. The molecule has 0 atom stereocenters. The van der Waals surface area contributed by atoms with Gasteiger partial charge in [-0.15, -0.1) is 0 Å². The lowest BCUT2D eigenvalue weighted by atomic mass is 10.6. The van der Waals surface area contributed by atoms with Crippen LogP contribution >= 0.6 is 11.6 Å². The van der Waals surface area contributed by atoms with E-state index >= 15 is 0 Å². The topological polar surface area (TPSA) is 24.1 Å². The molecular formula is C6H15ClN2Si. The molecule has 10 heavy (non-hydrogen) atoms. The molecule has 0 radical (unpaired) electrons. The molecule has 0 aliphatic heterocycles. The van der Waals surface area contributed by atoms with E-state index in [2.05, 4.69) is 24.5 Å². The summed E-state index contributed by atoms with van der Waals surface area (Å²) in [5, 5.41) is 6.31. The van der Waals surface area contributed by atoms with Gasteiger partial charge in [0.25, 0.3) is 0 Å². The van der Waals surface area contributed by atoms with E-state index in [0.717, 1.165) is 33.8 Å². The van der Waals surface area contributed by atoms with E-state index in [-0.39, 0.29) is 0 Å². The molecule has 0 aromatic rings. The zero-order valence-electron chi connectivity index (χ0n) is 6.79. The second-order valence-corrected chi connectivity index (χ2v) is 4.17. The molecule has 0 bridgehead atoms. The second kappa shape index (κ2) is 5.62. The molecule has 0 heterocycles. The third-order valence-electron chi connectivity index (χ3n) is 1.05. The number of hydrogen-bond acceptors (Lipinski definition) is 2. The smallest absolute Gasteiger partial charge is 0.108 e. The molecule has 0 rings (SSSR count). The highest BCUT2D eigenvalue weighted by molar-refractivity contribution is 6.52. The highest BCUT2D eigenvalue weighted by atomic mass is 35.5. The van der Waals surface area contributed by atoms with Gasteiger partial charge in [0.05, 0.1) is 10.2 Å². The number of hydrogen-bond donors (Lipinski definition) is 2. The van der Waals surface area contributed by atoms with E-state index in [1.54, 1.807) is 0 Å². The molecule has 0 saturated heterocycles. The van der Waals surface area contributed by atoms with E-state index in [0.29, 0.717) is 0 Å². The van der Waals surface area contributed by atoms with Crippen molar-refractivity contribution in [1.29, 1.82) is 0 Å². The summed E-state index contributed by atoms with van der Waals surface area (Å²) in [4.78, 5) is 0. The van der Waals surface area contributed by atoms with Crippen molar-refractivity contribution in [2.45, 2.75) is 13.8 Å². The van der Waals surface area contributed by atoms with E-state index in [1.807, 2.05) is 0 Å². The number of nitrogens with one attached hydrogen (secondary N) is 2. The largest absolute Gasteiger partial charge is 0.372 e. The number of halogens is 1. The van der Waals surface area contributed by atoms with Crippen LogP contribution in [0.3, 0.4) is 0 Å². The summed E-state index contributed by atoms with van der Waals surface area (Å²) in [6, 6.07) is 0. The van der Waals surface area contributed by atoms with Crippen LogP contribution in [0.5, 0.6) is 0 Å². The van der Waals surface area contributed by atoms with Crippen LogP contribution in [0, 0.1) is 0 Å². The maximum absolute atomic E-state index is 5.82. The Hall–Kier alpha value is -0.153. The third kappa shape index (κ3) is 3.79. The van der Waals surface area contributed by atoms with E-state index in [4.69, 9.17) is 11.6 Å². The monoisotopic (exact) mass is 178 g/mol. The van der Waals surface area contributed by atoms with E-state index < -0.39 is 0 Å². The summed E-state index contributed by atoms with van der Waals surface area (Å²) in [6.07, 6.45) is 0. The normalized spacial score (nSPS) is 9.10. The van der Waals surface area contributed by atoms with Gasteiger partial charge in [-0.05, 0) is 13.8 Å². The summed E-state index contributed by atoms with van der Waals surface area (Å²) in [5.74, 6) is 0.998. The Morgan fingerprint density at radius 1 is 1.30 bits per heavy atom. The van der Waals surface area contributed by atoms with Crippen LogP contribution in [0.4, 0.5) is 0 Å². The molecule has 60 valence electrons. The predicted molar refractivity (Wildman–Crippen MR) is 50.2 cm³/mol. The Labute approximate surface area is 70.4 Å². The minimum absolute atomic E-state index is 0.901. The van der Waals surface area contributed by atoms with Crippen molar-refractivity contribution in [2.75, 3.05) is 13.1 Å². The van der Waals surface area contributed by atoms with Crippen LogP contribution in [0.1, 0.15) is 13.8 Å². The van der Waals surface area contributed by atoms with Gasteiger partial charge in [-0.1, -0.05) is 11.6 Å². The standard InChI is InChI=1S/C6H15ClN2Si/c1-3-8-6(5(7)10)9-4-2/h8-9H,3-4H2,1-2,10H3. The molecule has 0 fully saturated rings. The molecule has 0 unspecified atom stereocenters. The van der Waals surface area contributed by atoms with Gasteiger partial charge in [0.1, 0.15) is 5.82 Å². The Morgan fingerprint density at radius 2 is 1.70 bits per heavy atom. The maximum atomic E-state index is 5.82. The van der Waals surface area contributed by atoms with E-state index in [1.165, 1.54) is 0 Å². The van der Waals surface area contributed by atoms with Crippen molar-refractivity contribution in [1.82, 2.24) is 10.6 Å². The van der Waals surface area contributed by atoms with Gasteiger partial charge in [-0.3, -0.25) is 0 Å². The van der Waals surface area contributed by atoms with Gasteiger partial charge in [-0.25, -0.2) is 0 Å². The Morgan fingerprint density at radius 3 is 1.90 bits per heavy atom. The molecule has 0 spiro atoms. The predicted octanol–water partition coefficient (Wildman–Crippen LogP) is -0.0638. The lowest BCUT2D eigenvalue weighted by Gasteiger charge is -2.10. The first kappa shape index (κ1) is 9.85. The second-order valence-electron chi connectivity index (χ2n) is 1.97. The highest BCUT2D eigenvalue weighted by Crippen LogP contribution is 1.97. The van der Waals surface area contributed by atoms with Gasteiger partial charge in [0.2, 0.25) is 0 Å². The third-order valence-corrected chi connectivity index (χ3v) is 1.74. The first-order chi connectivity index (χ1) is 4.72. The quantitative estimate of drug-likeness (QED) is 0.590. The van der Waals surface area contributed by atoms with Crippen LogP contribution in [0.25, 0.3) is 0 Å². The summed E-state index contributed by atoms with van der Waals surface area (Å²) in [7, 11) is 0.901. The van der Waals surface area contributed by atoms with Crippen LogP contribution < -0.4 is 10.6 Å². The lowest BCUT2D eigenvalue weighted by molar-refractivity contribution is 0.721. The fraction of sp³-hybridized carbons (Fsp3) is 0.667. The molecule has 4 heteroatoms. The van der Waals surface area contributed by atoms with E-state index in [9.17, 15) is 0 Å². The molecule has 0 amide bonds. The summed E-state index contributed by atoms with van der Waals surface area (Å²) in [6.45, 7) is 5.94. The van der Waals surface area contributed by atoms with Gasteiger partial charge in [-0.2, -0.15) is 0 Å². The van der Waals surface area contributed by atoms with Gasteiger partial charge in [0.15, 0.2) is 0 Å². The maximum Gasteiger partial charge on any atom is 0.108 e. The van der Waals surface area contributed by atoms with Crippen molar-refractivity contribution in [3.05, 3.63) is 10.5 Å². The molecular weight excluding hydrogens is 164 g/mol. The molecule has 0 aromatic heterocycles. The Kier molecular flexibility index (Phi) is 5.53. The van der Waals surface area contributed by atoms with Gasteiger partial charge >= 0.3 is 0 Å². The molecule has 2 N–H and O–H groups in total. The molecule has 0 saturated carbocycles. The first-order valence-corrected chi connectivity index (χ1v) is 4.94. The zero-order valence-corrected chi connectivity index (χ0v) is 9.55. The fourth-order valence-electron chi connectivity index (χ4n) is 0.660. The summed E-state index contributed by atoms with van der Waals surface area (Å²) in [5.41, 5.74) is 0. The molecule has 2 nitrogen and oxygen atoms in total. The van der Waals surface area contributed by atoms with Crippen molar-refractivity contribution >= 4 is 21.8 Å². The molecule has 0 aliphatic rings. The molecule has 0 aliphatic carbocycles. The van der Waals surface area contributed by atoms with Crippen molar-refractivity contribution in [3.8, 4) is 0 Å². The van der Waals surface area contributed by atoms with Crippen LogP contribution in [-0.4, -0.2) is 23.3 Å². The minimum atomic E-state index is 0.901. The van der Waals surface area contributed by atoms with Gasteiger partial charge in [0, 0.05) is 17.7 Å². The zero-order chi connectivity index (χ0) is 7.98. The highest BCUT2D eigenvalue weighted by Gasteiger charge is 1.94. The van der Waals surface area contributed by atoms with Crippen LogP contribution in [0.2, 0.25) is 0 Å². The van der Waals surface area contributed by atoms with Crippen molar-refractivity contribution < 1.29 is 0 Å². The Balaban J connectivity index is 3.86. The van der Waals surface area contributed by atoms with Crippen LogP contribution in [0.15, 0.2) is 10.5 Å². The first-order valence-electron chi connectivity index (χ1n) is 3.56. The summed E-state index contributed by atoms with van der Waals surface area (Å²) >= 11 is 5.82. The molecule has 0 aromatic carbocycles.